The molecule has 3 heteroatoms. The van der Waals surface area contributed by atoms with Gasteiger partial charge in [-0.05, 0) is 24.8 Å². The largest absolute Gasteiger partial charge is 0.497 e. The summed E-state index contributed by atoms with van der Waals surface area (Å²) in [5, 5.41) is 3.43. The summed E-state index contributed by atoms with van der Waals surface area (Å²) in [6.07, 6.45) is 2.29. The Balaban J connectivity index is 2.63. The molecule has 1 N–H and O–H groups in total. The number of rotatable bonds is 9. The van der Waals surface area contributed by atoms with Crippen LogP contribution >= 0.6 is 0 Å². The van der Waals surface area contributed by atoms with Crippen LogP contribution in [0.25, 0.3) is 0 Å². The lowest BCUT2D eigenvalue weighted by Gasteiger charge is -2.15. The molecule has 0 aliphatic carbocycles. The van der Waals surface area contributed by atoms with E-state index in [9.17, 15) is 0 Å². The summed E-state index contributed by atoms with van der Waals surface area (Å²) in [5.74, 6) is 2.50. The van der Waals surface area contributed by atoms with Gasteiger partial charge in [0.05, 0.1) is 13.7 Å². The molecule has 0 radical (unpaired) electrons. The lowest BCUT2D eigenvalue weighted by molar-refractivity contribution is 0.292. The second-order valence-corrected chi connectivity index (χ2v) is 5.89. The van der Waals surface area contributed by atoms with Gasteiger partial charge in [-0.15, -0.1) is 0 Å². The van der Waals surface area contributed by atoms with Crippen molar-refractivity contribution in [3.63, 3.8) is 0 Å². The highest BCUT2D eigenvalue weighted by Gasteiger charge is 2.07. The van der Waals surface area contributed by atoms with Gasteiger partial charge in [0.15, 0.2) is 0 Å². The molecule has 0 aromatic heterocycles. The standard InChI is InChI=1S/C17H29NO2/c1-13(2)7-6-10-20-17-11-16(19-5)9-8-15(17)12-18-14(3)4/h8-9,11,13-14,18H,6-7,10,12H2,1-5H3. The molecule has 0 fully saturated rings. The molecule has 20 heavy (non-hydrogen) atoms. The van der Waals surface area contributed by atoms with Gasteiger partial charge in [-0.3, -0.25) is 0 Å². The number of hydrogen-bond acceptors (Lipinski definition) is 3. The van der Waals surface area contributed by atoms with E-state index in [0.717, 1.165) is 37.0 Å². The topological polar surface area (TPSA) is 30.5 Å². The van der Waals surface area contributed by atoms with E-state index in [-0.39, 0.29) is 0 Å². The van der Waals surface area contributed by atoms with Crippen LogP contribution in [0.1, 0.15) is 46.1 Å². The third-order valence-corrected chi connectivity index (χ3v) is 3.16. The van der Waals surface area contributed by atoms with E-state index in [1.807, 2.05) is 12.1 Å². The fourth-order valence-electron chi connectivity index (χ4n) is 1.93. The quantitative estimate of drug-likeness (QED) is 0.693. The summed E-state index contributed by atoms with van der Waals surface area (Å²) in [6.45, 7) is 10.4. The summed E-state index contributed by atoms with van der Waals surface area (Å²) in [5.41, 5.74) is 1.18. The fourth-order valence-corrected chi connectivity index (χ4v) is 1.93. The van der Waals surface area contributed by atoms with Crippen molar-refractivity contribution < 1.29 is 9.47 Å². The van der Waals surface area contributed by atoms with E-state index >= 15 is 0 Å². The molecule has 0 unspecified atom stereocenters. The second kappa shape index (κ2) is 8.85. The number of ether oxygens (including phenoxy) is 2. The zero-order chi connectivity index (χ0) is 15.0. The number of methoxy groups -OCH3 is 1. The monoisotopic (exact) mass is 279 g/mol. The van der Waals surface area contributed by atoms with Crippen molar-refractivity contribution in [1.29, 1.82) is 0 Å². The third-order valence-electron chi connectivity index (χ3n) is 3.16. The van der Waals surface area contributed by atoms with E-state index in [2.05, 4.69) is 39.1 Å². The van der Waals surface area contributed by atoms with Crippen LogP contribution in [0.15, 0.2) is 18.2 Å². The normalized spacial score (nSPS) is 11.2. The Morgan fingerprint density at radius 2 is 1.90 bits per heavy atom. The Bertz CT molecular complexity index is 389. The third kappa shape index (κ3) is 6.29. The van der Waals surface area contributed by atoms with Crippen LogP contribution in [0.2, 0.25) is 0 Å². The van der Waals surface area contributed by atoms with Crippen molar-refractivity contribution in [1.82, 2.24) is 5.32 Å². The lowest BCUT2D eigenvalue weighted by atomic mass is 10.1. The summed E-state index contributed by atoms with van der Waals surface area (Å²) >= 11 is 0. The summed E-state index contributed by atoms with van der Waals surface area (Å²) in [6, 6.07) is 6.50. The van der Waals surface area contributed by atoms with Crippen molar-refractivity contribution in [2.24, 2.45) is 5.92 Å². The fraction of sp³-hybridized carbons (Fsp3) is 0.647. The van der Waals surface area contributed by atoms with Crippen LogP contribution in [-0.4, -0.2) is 19.8 Å². The number of hydrogen-bond donors (Lipinski definition) is 1. The molecule has 0 aliphatic heterocycles. The molecule has 0 amide bonds. The van der Waals surface area contributed by atoms with Gasteiger partial charge < -0.3 is 14.8 Å². The Hall–Kier alpha value is -1.22. The van der Waals surface area contributed by atoms with E-state index in [4.69, 9.17) is 9.47 Å². The first-order chi connectivity index (χ1) is 9.52. The highest BCUT2D eigenvalue weighted by Crippen LogP contribution is 2.25. The Morgan fingerprint density at radius 1 is 1.15 bits per heavy atom. The molecule has 0 bridgehead atoms. The molecule has 1 rings (SSSR count). The Morgan fingerprint density at radius 3 is 2.50 bits per heavy atom. The minimum atomic E-state index is 0.464. The molecule has 0 spiro atoms. The highest BCUT2D eigenvalue weighted by atomic mass is 16.5. The van der Waals surface area contributed by atoms with Gasteiger partial charge in [-0.25, -0.2) is 0 Å². The van der Waals surface area contributed by atoms with E-state index in [1.165, 1.54) is 12.0 Å². The minimum Gasteiger partial charge on any atom is -0.497 e. The SMILES string of the molecule is COc1ccc(CNC(C)C)c(OCCCC(C)C)c1. The molecule has 0 aliphatic rings. The van der Waals surface area contributed by atoms with Crippen molar-refractivity contribution in [3.8, 4) is 11.5 Å². The summed E-state index contributed by atoms with van der Waals surface area (Å²) in [4.78, 5) is 0. The maximum absolute atomic E-state index is 5.94. The first kappa shape index (κ1) is 16.8. The molecule has 114 valence electrons. The van der Waals surface area contributed by atoms with Crippen molar-refractivity contribution in [2.75, 3.05) is 13.7 Å². The first-order valence-corrected chi connectivity index (χ1v) is 7.56. The summed E-state index contributed by atoms with van der Waals surface area (Å²) < 4.78 is 11.2. The number of benzene rings is 1. The molecule has 1 aromatic rings. The zero-order valence-corrected chi connectivity index (χ0v) is 13.5. The average Bonchev–Trinajstić information content (AvgIpc) is 2.41. The highest BCUT2D eigenvalue weighted by molar-refractivity contribution is 5.40. The maximum atomic E-state index is 5.94. The molecular formula is C17H29NO2. The average molecular weight is 279 g/mol. The van der Waals surface area contributed by atoms with Crippen LogP contribution in [0.4, 0.5) is 0 Å². The van der Waals surface area contributed by atoms with Crippen molar-refractivity contribution >= 4 is 0 Å². The summed E-state index contributed by atoms with van der Waals surface area (Å²) in [7, 11) is 1.68. The van der Waals surface area contributed by atoms with E-state index in [0.29, 0.717) is 6.04 Å². The van der Waals surface area contributed by atoms with Crippen LogP contribution in [0.3, 0.4) is 0 Å². The van der Waals surface area contributed by atoms with Crippen molar-refractivity contribution in [2.45, 2.75) is 53.1 Å². The second-order valence-electron chi connectivity index (χ2n) is 5.89. The van der Waals surface area contributed by atoms with Gasteiger partial charge in [0.2, 0.25) is 0 Å². The maximum Gasteiger partial charge on any atom is 0.127 e. The predicted molar refractivity (Wildman–Crippen MR) is 84.5 cm³/mol. The molecular weight excluding hydrogens is 250 g/mol. The van der Waals surface area contributed by atoms with Gasteiger partial charge in [0, 0.05) is 24.2 Å². The van der Waals surface area contributed by atoms with E-state index < -0.39 is 0 Å². The smallest absolute Gasteiger partial charge is 0.127 e. The Kier molecular flexibility index (Phi) is 7.45. The Labute approximate surface area is 123 Å². The van der Waals surface area contributed by atoms with Crippen LogP contribution in [-0.2, 0) is 6.54 Å². The molecule has 1 aromatic carbocycles. The minimum absolute atomic E-state index is 0.464. The first-order valence-electron chi connectivity index (χ1n) is 7.56. The molecule has 0 saturated heterocycles. The molecule has 0 atom stereocenters. The van der Waals surface area contributed by atoms with Gasteiger partial charge in [0.1, 0.15) is 11.5 Å². The molecule has 3 nitrogen and oxygen atoms in total. The van der Waals surface area contributed by atoms with Crippen LogP contribution in [0, 0.1) is 5.92 Å². The predicted octanol–water partition coefficient (Wildman–Crippen LogP) is 4.01. The van der Waals surface area contributed by atoms with Gasteiger partial charge in [-0.2, -0.15) is 0 Å². The molecule has 0 saturated carbocycles. The number of nitrogens with one attached hydrogen (secondary N) is 1. The van der Waals surface area contributed by atoms with E-state index in [1.54, 1.807) is 7.11 Å². The van der Waals surface area contributed by atoms with Crippen LogP contribution in [0.5, 0.6) is 11.5 Å². The van der Waals surface area contributed by atoms with Gasteiger partial charge >= 0.3 is 0 Å². The molecule has 0 heterocycles. The van der Waals surface area contributed by atoms with Crippen LogP contribution < -0.4 is 14.8 Å². The van der Waals surface area contributed by atoms with Crippen molar-refractivity contribution in [3.05, 3.63) is 23.8 Å². The lowest BCUT2D eigenvalue weighted by Crippen LogP contribution is -2.22. The van der Waals surface area contributed by atoms with Gasteiger partial charge in [0.25, 0.3) is 0 Å². The zero-order valence-electron chi connectivity index (χ0n) is 13.5. The van der Waals surface area contributed by atoms with Gasteiger partial charge in [-0.1, -0.05) is 33.8 Å².